The van der Waals surface area contributed by atoms with E-state index in [1.54, 1.807) is 11.5 Å². The van der Waals surface area contributed by atoms with Crippen molar-refractivity contribution in [1.82, 2.24) is 4.73 Å². The van der Waals surface area contributed by atoms with Crippen LogP contribution in [0.15, 0.2) is 24.3 Å². The number of carbonyl (C=O) groups is 1. The van der Waals surface area contributed by atoms with E-state index in [1.807, 2.05) is 31.3 Å². The van der Waals surface area contributed by atoms with Crippen molar-refractivity contribution in [3.8, 4) is 0 Å². The fourth-order valence-corrected chi connectivity index (χ4v) is 1.88. The van der Waals surface area contributed by atoms with Crippen molar-refractivity contribution in [1.29, 1.82) is 0 Å². The topological polar surface area (TPSA) is 44.3 Å². The lowest BCUT2D eigenvalue weighted by atomic mass is 10.3. The normalized spacial score (nSPS) is 10.5. The number of nitrogens with zero attached hydrogens (tertiary/aromatic N) is 2. The summed E-state index contributed by atoms with van der Waals surface area (Å²) in [6.07, 6.45) is 0. The number of benzene rings is 1. The molecule has 0 aliphatic rings. The Balaban J connectivity index is 2.69. The SMILES string of the molecule is CCOC(=O)c1n(OC)c2ccccc2[n+]1C. The number of aromatic nitrogens is 2. The van der Waals surface area contributed by atoms with E-state index < -0.39 is 5.97 Å². The highest BCUT2D eigenvalue weighted by atomic mass is 16.7. The van der Waals surface area contributed by atoms with Gasteiger partial charge in [-0.25, -0.2) is 9.36 Å². The number of ether oxygens (including phenoxy) is 1. The fraction of sp³-hybridized carbons (Fsp3) is 0.333. The van der Waals surface area contributed by atoms with Crippen LogP contribution in [-0.2, 0) is 11.8 Å². The molecule has 0 aliphatic heterocycles. The second-order valence-corrected chi connectivity index (χ2v) is 3.57. The van der Waals surface area contributed by atoms with Gasteiger partial charge in [0.1, 0.15) is 7.11 Å². The first-order valence-corrected chi connectivity index (χ1v) is 5.41. The highest BCUT2D eigenvalue weighted by Gasteiger charge is 2.31. The summed E-state index contributed by atoms with van der Waals surface area (Å²) in [7, 11) is 3.33. The van der Waals surface area contributed by atoms with Gasteiger partial charge in [-0.1, -0.05) is 12.1 Å². The first kappa shape index (κ1) is 11.4. The summed E-state index contributed by atoms with van der Waals surface area (Å²) in [5.41, 5.74) is 1.75. The molecule has 5 heteroatoms. The third kappa shape index (κ3) is 1.73. The van der Waals surface area contributed by atoms with Crippen LogP contribution in [0.1, 0.15) is 17.5 Å². The Labute approximate surface area is 99.1 Å². The molecule has 5 nitrogen and oxygen atoms in total. The number of carbonyl (C=O) groups excluding carboxylic acids is 1. The lowest BCUT2D eigenvalue weighted by Crippen LogP contribution is -2.37. The number of para-hydroxylation sites is 2. The largest absolute Gasteiger partial charge is 0.457 e. The summed E-state index contributed by atoms with van der Waals surface area (Å²) in [5, 5.41) is 0. The van der Waals surface area contributed by atoms with E-state index in [0.29, 0.717) is 12.4 Å². The van der Waals surface area contributed by atoms with Gasteiger partial charge in [0.25, 0.3) is 0 Å². The molecule has 0 spiro atoms. The third-order valence-electron chi connectivity index (χ3n) is 2.61. The van der Waals surface area contributed by atoms with Crippen LogP contribution in [0.2, 0.25) is 0 Å². The summed E-state index contributed by atoms with van der Waals surface area (Å²) >= 11 is 0. The lowest BCUT2D eigenvalue weighted by molar-refractivity contribution is -0.649. The van der Waals surface area contributed by atoms with Gasteiger partial charge < -0.3 is 9.57 Å². The molecule has 2 aromatic rings. The Morgan fingerprint density at radius 2 is 2.12 bits per heavy atom. The minimum atomic E-state index is -0.395. The Kier molecular flexibility index (Phi) is 2.99. The van der Waals surface area contributed by atoms with Crippen molar-refractivity contribution < 1.29 is 18.9 Å². The summed E-state index contributed by atoms with van der Waals surface area (Å²) in [5.74, 6) is -0.0244. The van der Waals surface area contributed by atoms with Crippen LogP contribution in [0.4, 0.5) is 0 Å². The highest BCUT2D eigenvalue weighted by molar-refractivity contribution is 5.87. The van der Waals surface area contributed by atoms with Gasteiger partial charge in [-0.05, 0) is 23.8 Å². The predicted octanol–water partition coefficient (Wildman–Crippen LogP) is 0.701. The highest BCUT2D eigenvalue weighted by Crippen LogP contribution is 2.12. The van der Waals surface area contributed by atoms with Crippen molar-refractivity contribution in [2.24, 2.45) is 7.05 Å². The Hall–Kier alpha value is -2.04. The van der Waals surface area contributed by atoms with Crippen LogP contribution in [-0.4, -0.2) is 24.4 Å². The zero-order valence-electron chi connectivity index (χ0n) is 10.1. The molecule has 0 atom stereocenters. The molecule has 17 heavy (non-hydrogen) atoms. The average Bonchev–Trinajstić information content (AvgIpc) is 2.63. The fourth-order valence-electron chi connectivity index (χ4n) is 1.88. The molecule has 1 heterocycles. The van der Waals surface area contributed by atoms with E-state index in [1.165, 1.54) is 11.8 Å². The van der Waals surface area contributed by atoms with Gasteiger partial charge in [0, 0.05) is 0 Å². The van der Waals surface area contributed by atoms with E-state index in [2.05, 4.69) is 0 Å². The number of aryl methyl sites for hydroxylation is 1. The van der Waals surface area contributed by atoms with Gasteiger partial charge in [0.15, 0.2) is 5.52 Å². The van der Waals surface area contributed by atoms with Crippen LogP contribution >= 0.6 is 0 Å². The molecule has 0 bridgehead atoms. The molecule has 1 aromatic heterocycles. The zero-order valence-corrected chi connectivity index (χ0v) is 10.1. The molecule has 0 unspecified atom stereocenters. The smallest absolute Gasteiger partial charge is 0.425 e. The molecular weight excluding hydrogens is 220 g/mol. The molecule has 0 saturated heterocycles. The summed E-state index contributed by atoms with van der Waals surface area (Å²) in [4.78, 5) is 17.1. The van der Waals surface area contributed by atoms with Crippen LogP contribution < -0.4 is 9.40 Å². The van der Waals surface area contributed by atoms with E-state index >= 15 is 0 Å². The molecule has 0 amide bonds. The summed E-state index contributed by atoms with van der Waals surface area (Å²) < 4.78 is 8.26. The molecule has 0 N–H and O–H groups in total. The van der Waals surface area contributed by atoms with E-state index in [-0.39, 0.29) is 0 Å². The molecule has 90 valence electrons. The third-order valence-corrected chi connectivity index (χ3v) is 2.61. The molecule has 0 fully saturated rings. The first-order valence-electron chi connectivity index (χ1n) is 5.41. The monoisotopic (exact) mass is 235 g/mol. The van der Waals surface area contributed by atoms with Gasteiger partial charge in [0.05, 0.1) is 13.7 Å². The average molecular weight is 235 g/mol. The molecule has 2 rings (SSSR count). The molecule has 1 aromatic carbocycles. The molecule has 0 aliphatic carbocycles. The van der Waals surface area contributed by atoms with Crippen molar-refractivity contribution in [2.45, 2.75) is 6.92 Å². The van der Waals surface area contributed by atoms with Crippen LogP contribution in [0.25, 0.3) is 11.0 Å². The quantitative estimate of drug-likeness (QED) is 0.581. The number of hydrogen-bond acceptors (Lipinski definition) is 3. The van der Waals surface area contributed by atoms with E-state index in [4.69, 9.17) is 9.57 Å². The van der Waals surface area contributed by atoms with E-state index in [0.717, 1.165) is 11.0 Å². The van der Waals surface area contributed by atoms with Crippen molar-refractivity contribution in [2.75, 3.05) is 13.7 Å². The predicted molar refractivity (Wildman–Crippen MR) is 61.6 cm³/mol. The van der Waals surface area contributed by atoms with Crippen LogP contribution in [0, 0.1) is 0 Å². The number of hydrogen-bond donors (Lipinski definition) is 0. The van der Waals surface area contributed by atoms with Gasteiger partial charge in [-0.15, -0.1) is 0 Å². The van der Waals surface area contributed by atoms with Crippen LogP contribution in [0.3, 0.4) is 0 Å². The zero-order chi connectivity index (χ0) is 12.4. The minimum Gasteiger partial charge on any atom is -0.457 e. The Bertz CT molecular complexity index is 560. The second-order valence-electron chi connectivity index (χ2n) is 3.57. The van der Waals surface area contributed by atoms with Crippen molar-refractivity contribution in [3.63, 3.8) is 0 Å². The van der Waals surface area contributed by atoms with Gasteiger partial charge in [-0.3, -0.25) is 0 Å². The maximum atomic E-state index is 11.9. The number of fused-ring (bicyclic) bond motifs is 1. The first-order chi connectivity index (χ1) is 8.20. The lowest BCUT2D eigenvalue weighted by Gasteiger charge is -1.99. The van der Waals surface area contributed by atoms with E-state index in [9.17, 15) is 4.79 Å². The maximum absolute atomic E-state index is 11.9. The van der Waals surface area contributed by atoms with Crippen LogP contribution in [0.5, 0.6) is 0 Å². The number of rotatable bonds is 3. The van der Waals surface area contributed by atoms with Crippen molar-refractivity contribution in [3.05, 3.63) is 30.1 Å². The van der Waals surface area contributed by atoms with Gasteiger partial charge in [0.2, 0.25) is 5.52 Å². The number of esters is 1. The standard InChI is InChI=1S/C12H15N2O3/c1-4-17-12(15)11-13(2)9-7-5-6-8-10(9)14(11)16-3/h5-8H,4H2,1-3H3/q+1. The second kappa shape index (κ2) is 4.45. The molecule has 0 saturated carbocycles. The summed E-state index contributed by atoms with van der Waals surface area (Å²) in [6.45, 7) is 2.11. The molecular formula is C12H15N2O3+. The number of imidazole rings is 1. The Morgan fingerprint density at radius 1 is 1.41 bits per heavy atom. The maximum Gasteiger partial charge on any atom is 0.425 e. The minimum absolute atomic E-state index is 0.337. The summed E-state index contributed by atoms with van der Waals surface area (Å²) in [6, 6.07) is 7.62. The van der Waals surface area contributed by atoms with Crippen molar-refractivity contribution >= 4 is 17.0 Å². The van der Waals surface area contributed by atoms with Gasteiger partial charge in [-0.2, -0.15) is 0 Å². The molecule has 0 radical (unpaired) electrons. The Morgan fingerprint density at radius 3 is 2.76 bits per heavy atom. The van der Waals surface area contributed by atoms with Gasteiger partial charge >= 0.3 is 11.8 Å².